The molecule has 0 fully saturated rings. The molecule has 0 saturated heterocycles. The van der Waals surface area contributed by atoms with Gasteiger partial charge in [-0.05, 0) is 43.0 Å². The second-order valence-electron chi connectivity index (χ2n) is 4.89. The predicted octanol–water partition coefficient (Wildman–Crippen LogP) is 2.25. The Kier molecular flexibility index (Phi) is 7.63. The number of aliphatic hydroxyl groups excluding tert-OH is 2. The van der Waals surface area contributed by atoms with Crippen molar-refractivity contribution in [2.75, 3.05) is 19.7 Å². The molecule has 2 unspecified atom stereocenters. The van der Waals surface area contributed by atoms with Crippen LogP contribution >= 0.6 is 0 Å². The minimum atomic E-state index is -0.628. The monoisotopic (exact) mass is 269 g/mol. The number of hydrogen-bond donors (Lipinski definition) is 3. The van der Waals surface area contributed by atoms with E-state index in [9.17, 15) is 9.50 Å². The molecule has 0 aromatic heterocycles. The van der Waals surface area contributed by atoms with Crippen LogP contribution in [-0.2, 0) is 0 Å². The predicted molar refractivity (Wildman–Crippen MR) is 74.3 cm³/mol. The van der Waals surface area contributed by atoms with Crippen molar-refractivity contribution in [3.8, 4) is 0 Å². The number of aliphatic hydroxyl groups is 2. The molecular weight excluding hydrogens is 245 g/mol. The van der Waals surface area contributed by atoms with Gasteiger partial charge in [-0.2, -0.15) is 0 Å². The molecule has 3 N–H and O–H groups in total. The van der Waals surface area contributed by atoms with Crippen molar-refractivity contribution >= 4 is 0 Å². The summed E-state index contributed by atoms with van der Waals surface area (Å²) in [6.07, 6.45) is 2.32. The number of benzene rings is 1. The molecule has 1 rings (SSSR count). The van der Waals surface area contributed by atoms with Gasteiger partial charge in [0, 0.05) is 13.2 Å². The van der Waals surface area contributed by atoms with Crippen LogP contribution in [0.15, 0.2) is 24.3 Å². The Morgan fingerprint density at radius 2 is 1.84 bits per heavy atom. The molecule has 108 valence electrons. The molecule has 19 heavy (non-hydrogen) atoms. The van der Waals surface area contributed by atoms with Gasteiger partial charge in [-0.3, -0.25) is 0 Å². The molecular formula is C15H24FNO2. The Hall–Kier alpha value is -0.970. The standard InChI is InChI=1S/C15H24FNO2/c1-2-3-12(8-9-18)10-17-11-15(19)13-4-6-14(16)7-5-13/h4-7,12,15,17-19H,2-3,8-11H2,1H3. The Morgan fingerprint density at radius 3 is 2.42 bits per heavy atom. The highest BCUT2D eigenvalue weighted by Gasteiger charge is 2.10. The first-order chi connectivity index (χ1) is 9.17. The zero-order chi connectivity index (χ0) is 14.1. The molecule has 0 amide bonds. The zero-order valence-corrected chi connectivity index (χ0v) is 11.5. The highest BCUT2D eigenvalue weighted by atomic mass is 19.1. The molecule has 0 heterocycles. The van der Waals surface area contributed by atoms with Crippen LogP contribution in [0.2, 0.25) is 0 Å². The molecule has 0 spiro atoms. The maximum absolute atomic E-state index is 12.8. The van der Waals surface area contributed by atoms with E-state index in [2.05, 4.69) is 12.2 Å². The lowest BCUT2D eigenvalue weighted by atomic mass is 10.00. The summed E-state index contributed by atoms with van der Waals surface area (Å²) in [5, 5.41) is 22.1. The number of halogens is 1. The molecule has 0 aliphatic carbocycles. The van der Waals surface area contributed by atoms with Gasteiger partial charge in [0.15, 0.2) is 0 Å². The van der Waals surface area contributed by atoms with Crippen molar-refractivity contribution in [1.29, 1.82) is 0 Å². The van der Waals surface area contributed by atoms with Gasteiger partial charge in [-0.1, -0.05) is 25.5 Å². The number of rotatable bonds is 9. The van der Waals surface area contributed by atoms with Crippen molar-refractivity contribution in [1.82, 2.24) is 5.32 Å². The molecule has 0 aliphatic heterocycles. The first-order valence-corrected chi connectivity index (χ1v) is 6.92. The van der Waals surface area contributed by atoms with Crippen molar-refractivity contribution < 1.29 is 14.6 Å². The Labute approximate surface area is 114 Å². The van der Waals surface area contributed by atoms with E-state index in [-0.39, 0.29) is 12.4 Å². The minimum absolute atomic E-state index is 0.201. The van der Waals surface area contributed by atoms with E-state index in [0.29, 0.717) is 18.0 Å². The lowest BCUT2D eigenvalue weighted by molar-refractivity contribution is 0.170. The number of nitrogens with one attached hydrogen (secondary N) is 1. The molecule has 0 radical (unpaired) electrons. The summed E-state index contributed by atoms with van der Waals surface area (Å²) in [7, 11) is 0. The second-order valence-corrected chi connectivity index (χ2v) is 4.89. The molecule has 0 saturated carbocycles. The molecule has 3 nitrogen and oxygen atoms in total. The van der Waals surface area contributed by atoms with E-state index in [1.807, 2.05) is 0 Å². The third kappa shape index (κ3) is 6.14. The van der Waals surface area contributed by atoms with Crippen LogP contribution in [-0.4, -0.2) is 29.9 Å². The quantitative estimate of drug-likeness (QED) is 0.644. The fourth-order valence-electron chi connectivity index (χ4n) is 2.17. The average Bonchev–Trinajstić information content (AvgIpc) is 2.40. The summed E-state index contributed by atoms with van der Waals surface area (Å²) in [5.74, 6) is 0.144. The second kappa shape index (κ2) is 9.02. The third-order valence-electron chi connectivity index (χ3n) is 3.26. The lowest BCUT2D eigenvalue weighted by Gasteiger charge is -2.18. The fourth-order valence-corrected chi connectivity index (χ4v) is 2.17. The molecule has 0 aliphatic rings. The van der Waals surface area contributed by atoms with Crippen LogP contribution in [0.4, 0.5) is 4.39 Å². The minimum Gasteiger partial charge on any atom is -0.396 e. The molecule has 4 heteroatoms. The van der Waals surface area contributed by atoms with E-state index in [1.54, 1.807) is 12.1 Å². The van der Waals surface area contributed by atoms with Gasteiger partial charge in [0.1, 0.15) is 5.82 Å². The SMILES string of the molecule is CCCC(CCO)CNCC(O)c1ccc(F)cc1. The van der Waals surface area contributed by atoms with E-state index in [0.717, 1.165) is 25.8 Å². The van der Waals surface area contributed by atoms with Crippen LogP contribution in [0.5, 0.6) is 0 Å². The van der Waals surface area contributed by atoms with E-state index in [1.165, 1.54) is 12.1 Å². The van der Waals surface area contributed by atoms with Gasteiger partial charge in [0.25, 0.3) is 0 Å². The topological polar surface area (TPSA) is 52.5 Å². The number of hydrogen-bond acceptors (Lipinski definition) is 3. The van der Waals surface area contributed by atoms with Crippen molar-refractivity contribution in [2.45, 2.75) is 32.3 Å². The fraction of sp³-hybridized carbons (Fsp3) is 0.600. The largest absolute Gasteiger partial charge is 0.396 e. The molecule has 1 aromatic rings. The van der Waals surface area contributed by atoms with Gasteiger partial charge >= 0.3 is 0 Å². The van der Waals surface area contributed by atoms with Crippen LogP contribution in [0.25, 0.3) is 0 Å². The normalized spacial score (nSPS) is 14.3. The Balaban J connectivity index is 2.32. The van der Waals surface area contributed by atoms with Gasteiger partial charge in [0.05, 0.1) is 6.10 Å². The maximum atomic E-state index is 12.8. The van der Waals surface area contributed by atoms with Crippen LogP contribution in [0.1, 0.15) is 37.9 Å². The summed E-state index contributed by atoms with van der Waals surface area (Å²) in [6, 6.07) is 5.90. The average molecular weight is 269 g/mol. The Bertz CT molecular complexity index is 337. The van der Waals surface area contributed by atoms with Crippen LogP contribution in [0.3, 0.4) is 0 Å². The van der Waals surface area contributed by atoms with Gasteiger partial charge in [-0.25, -0.2) is 4.39 Å². The maximum Gasteiger partial charge on any atom is 0.123 e. The summed E-state index contributed by atoms with van der Waals surface area (Å²) in [4.78, 5) is 0. The molecule has 2 atom stereocenters. The highest BCUT2D eigenvalue weighted by Crippen LogP contribution is 2.13. The van der Waals surface area contributed by atoms with Crippen molar-refractivity contribution in [3.63, 3.8) is 0 Å². The summed E-state index contributed by atoms with van der Waals surface area (Å²) in [6.45, 7) is 3.55. The lowest BCUT2D eigenvalue weighted by Crippen LogP contribution is -2.28. The van der Waals surface area contributed by atoms with Crippen molar-refractivity contribution in [3.05, 3.63) is 35.6 Å². The van der Waals surface area contributed by atoms with Crippen LogP contribution < -0.4 is 5.32 Å². The van der Waals surface area contributed by atoms with Crippen LogP contribution in [0, 0.1) is 11.7 Å². The van der Waals surface area contributed by atoms with E-state index >= 15 is 0 Å². The third-order valence-corrected chi connectivity index (χ3v) is 3.26. The van der Waals surface area contributed by atoms with E-state index in [4.69, 9.17) is 5.11 Å². The molecule has 0 bridgehead atoms. The smallest absolute Gasteiger partial charge is 0.123 e. The molecule has 1 aromatic carbocycles. The summed E-state index contributed by atoms with van der Waals surface area (Å²) >= 11 is 0. The Morgan fingerprint density at radius 1 is 1.16 bits per heavy atom. The van der Waals surface area contributed by atoms with E-state index < -0.39 is 6.10 Å². The summed E-state index contributed by atoms with van der Waals surface area (Å²) < 4.78 is 12.8. The first kappa shape index (κ1) is 16.1. The van der Waals surface area contributed by atoms with Gasteiger partial charge in [-0.15, -0.1) is 0 Å². The van der Waals surface area contributed by atoms with Gasteiger partial charge < -0.3 is 15.5 Å². The highest BCUT2D eigenvalue weighted by molar-refractivity contribution is 5.18. The zero-order valence-electron chi connectivity index (χ0n) is 11.5. The summed E-state index contributed by atoms with van der Waals surface area (Å²) in [5.41, 5.74) is 0.711. The van der Waals surface area contributed by atoms with Gasteiger partial charge in [0.2, 0.25) is 0 Å². The first-order valence-electron chi connectivity index (χ1n) is 6.92. The van der Waals surface area contributed by atoms with Crippen molar-refractivity contribution in [2.24, 2.45) is 5.92 Å².